The molecule has 0 spiro atoms. The molecule has 0 N–H and O–H groups in total. The van der Waals surface area contributed by atoms with E-state index in [4.69, 9.17) is 0 Å². The third-order valence-electron chi connectivity index (χ3n) is 15.4. The van der Waals surface area contributed by atoms with Crippen molar-refractivity contribution in [2.75, 3.05) is 0 Å². The summed E-state index contributed by atoms with van der Waals surface area (Å²) in [5, 5.41) is 9.76. The van der Waals surface area contributed by atoms with Crippen molar-refractivity contribution >= 4 is 143 Å². The van der Waals surface area contributed by atoms with Crippen molar-refractivity contribution in [2.24, 2.45) is 23.7 Å². The second kappa shape index (κ2) is 24.9. The van der Waals surface area contributed by atoms with Gasteiger partial charge in [-0.1, -0.05) is 132 Å². The molecule has 0 fully saturated rings. The van der Waals surface area contributed by atoms with E-state index in [1.54, 1.807) is 22.7 Å². The highest BCUT2D eigenvalue weighted by Gasteiger charge is 2.28. The molecule has 4 unspecified atom stereocenters. The van der Waals surface area contributed by atoms with E-state index in [-0.39, 0.29) is 11.8 Å². The van der Waals surface area contributed by atoms with Gasteiger partial charge in [0.25, 0.3) is 0 Å². The highest BCUT2D eigenvalue weighted by molar-refractivity contribution is 7.31. The van der Waals surface area contributed by atoms with Gasteiger partial charge in [0, 0.05) is 103 Å². The Morgan fingerprint density at radius 3 is 1.21 bits per heavy atom. The first-order valence-electron chi connectivity index (χ1n) is 27.5. The number of rotatable bonds is 28. The molecular formula is C62H74O2S8. The van der Waals surface area contributed by atoms with Crippen molar-refractivity contribution in [1.82, 2.24) is 0 Å². The number of carbonyl (C=O) groups is 2. The maximum Gasteiger partial charge on any atom is 0.175 e. The minimum Gasteiger partial charge on any atom is -0.293 e. The van der Waals surface area contributed by atoms with E-state index in [2.05, 4.69) is 115 Å². The fourth-order valence-electron chi connectivity index (χ4n) is 10.8. The molecule has 0 saturated heterocycles. The summed E-state index contributed by atoms with van der Waals surface area (Å²) >= 11 is 15.0. The molecule has 0 radical (unpaired) electrons. The van der Waals surface area contributed by atoms with Gasteiger partial charge in [-0.05, 0) is 98.9 Å². The summed E-state index contributed by atoms with van der Waals surface area (Å²) in [7, 11) is 0. The summed E-state index contributed by atoms with van der Waals surface area (Å²) in [5.74, 6) is 2.24. The van der Waals surface area contributed by atoms with Crippen LogP contribution in [0.1, 0.15) is 187 Å². The molecule has 8 heterocycles. The van der Waals surface area contributed by atoms with Crippen molar-refractivity contribution in [3.05, 3.63) is 78.8 Å². The van der Waals surface area contributed by atoms with Crippen LogP contribution in [0.2, 0.25) is 0 Å². The number of fused-ring (bicyclic) bond motifs is 4. The molecule has 8 aromatic heterocycles. The van der Waals surface area contributed by atoms with Crippen LogP contribution in [0.5, 0.6) is 0 Å². The molecule has 0 amide bonds. The first-order valence-corrected chi connectivity index (χ1v) is 34.1. The Hall–Kier alpha value is -2.80. The Morgan fingerprint density at radius 1 is 0.431 bits per heavy atom. The number of Topliss-reactive ketones (excluding diaryl/α,β-unsaturated/α-hetero) is 2. The molecule has 2 nitrogen and oxygen atoms in total. The van der Waals surface area contributed by atoms with Gasteiger partial charge in [-0.25, -0.2) is 0 Å². The van der Waals surface area contributed by atoms with Crippen LogP contribution >= 0.6 is 90.7 Å². The lowest BCUT2D eigenvalue weighted by Gasteiger charge is -2.13. The summed E-state index contributed by atoms with van der Waals surface area (Å²) in [5.41, 5.74) is 2.74. The molecule has 10 heteroatoms. The molecule has 0 aliphatic carbocycles. The predicted molar refractivity (Wildman–Crippen MR) is 331 cm³/mol. The average Bonchev–Trinajstić information content (AvgIpc) is 4.25. The minimum absolute atomic E-state index is 0.0931. The number of thiophene rings is 8. The van der Waals surface area contributed by atoms with Crippen LogP contribution in [0.3, 0.4) is 0 Å². The Morgan fingerprint density at radius 2 is 0.833 bits per heavy atom. The lowest BCUT2D eigenvalue weighted by atomic mass is 9.94. The van der Waals surface area contributed by atoms with Crippen LogP contribution in [0.4, 0.5) is 0 Å². The van der Waals surface area contributed by atoms with E-state index in [0.717, 1.165) is 74.0 Å². The largest absolute Gasteiger partial charge is 0.293 e. The van der Waals surface area contributed by atoms with Crippen molar-refractivity contribution in [3.63, 3.8) is 0 Å². The molecule has 0 bridgehead atoms. The highest BCUT2D eigenvalue weighted by Crippen LogP contribution is 2.56. The molecule has 0 aliphatic rings. The second-order valence-electron chi connectivity index (χ2n) is 20.4. The highest BCUT2D eigenvalue weighted by atomic mass is 32.1. The molecule has 382 valence electrons. The van der Waals surface area contributed by atoms with Crippen molar-refractivity contribution in [2.45, 2.75) is 171 Å². The Kier molecular flexibility index (Phi) is 18.7. The van der Waals surface area contributed by atoms with Crippen LogP contribution in [-0.2, 0) is 12.8 Å². The number of carbonyl (C=O) groups excluding carboxylic acids is 2. The summed E-state index contributed by atoms with van der Waals surface area (Å²) in [6.07, 6.45) is 20.5. The van der Waals surface area contributed by atoms with Gasteiger partial charge in [0.1, 0.15) is 0 Å². The van der Waals surface area contributed by atoms with Crippen LogP contribution < -0.4 is 0 Å². The summed E-state index contributed by atoms with van der Waals surface area (Å²) in [6, 6.07) is 19.3. The predicted octanol–water partition coefficient (Wildman–Crippen LogP) is 23.8. The number of unbranched alkanes of at least 4 members (excludes halogenated alkanes) is 4. The van der Waals surface area contributed by atoms with Crippen LogP contribution in [0.25, 0.3) is 80.7 Å². The lowest BCUT2D eigenvalue weighted by Crippen LogP contribution is -2.12. The van der Waals surface area contributed by atoms with Crippen molar-refractivity contribution < 1.29 is 9.59 Å². The topological polar surface area (TPSA) is 34.1 Å². The first kappa shape index (κ1) is 54.0. The van der Waals surface area contributed by atoms with Gasteiger partial charge < -0.3 is 0 Å². The maximum absolute atomic E-state index is 14.0. The monoisotopic (exact) mass is 1110 g/mol. The number of hydrogen-bond acceptors (Lipinski definition) is 10. The van der Waals surface area contributed by atoms with Gasteiger partial charge in [0.2, 0.25) is 0 Å². The van der Waals surface area contributed by atoms with Crippen molar-refractivity contribution in [3.8, 4) is 40.4 Å². The lowest BCUT2D eigenvalue weighted by molar-refractivity contribution is 0.0905. The molecule has 72 heavy (non-hydrogen) atoms. The van der Waals surface area contributed by atoms with Crippen LogP contribution in [0, 0.1) is 23.7 Å². The zero-order chi connectivity index (χ0) is 50.5. The van der Waals surface area contributed by atoms with Gasteiger partial charge in [-0.15, -0.1) is 90.7 Å². The maximum atomic E-state index is 14.0. The fourth-order valence-corrected chi connectivity index (χ4v) is 20.6. The zero-order valence-electron chi connectivity index (χ0n) is 43.9. The van der Waals surface area contributed by atoms with Gasteiger partial charge >= 0.3 is 0 Å². The van der Waals surface area contributed by atoms with E-state index in [1.807, 2.05) is 68.0 Å². The van der Waals surface area contributed by atoms with Gasteiger partial charge in [0.15, 0.2) is 11.6 Å². The SMILES string of the molecule is CCCCC(CC)Cc1ccc(-c2c3cc(-c4scc5sc(C(=O)C(CC)CCCC)cc45)sc3c(-c3ccc(CC(CC)CCCC)s3)c3cc(-c4scc5sc(C(=O)C(CC)CCCC)cc45)sc23)s1. The minimum atomic E-state index is 0.0931. The average molecular weight is 1110 g/mol. The summed E-state index contributed by atoms with van der Waals surface area (Å²) in [6.45, 7) is 18.2. The smallest absolute Gasteiger partial charge is 0.175 e. The third kappa shape index (κ3) is 11.3. The van der Waals surface area contributed by atoms with E-state index in [0.29, 0.717) is 23.4 Å². The molecule has 9 rings (SSSR count). The normalized spacial score (nSPS) is 13.9. The first-order chi connectivity index (χ1) is 35.1. The van der Waals surface area contributed by atoms with Crippen molar-refractivity contribution in [1.29, 1.82) is 0 Å². The van der Waals surface area contributed by atoms with Gasteiger partial charge in [0.05, 0.1) is 19.5 Å². The number of ketones is 2. The Balaban J connectivity index is 1.24. The molecular weight excluding hydrogens is 1030 g/mol. The molecule has 9 aromatic rings. The quantitative estimate of drug-likeness (QED) is 0.0458. The number of benzene rings is 1. The fraction of sp³-hybridized carbons (Fsp3) is 0.484. The van der Waals surface area contributed by atoms with Crippen LogP contribution in [0.15, 0.2) is 59.3 Å². The zero-order valence-corrected chi connectivity index (χ0v) is 50.4. The third-order valence-corrected chi connectivity index (χ3v) is 24.8. The van der Waals surface area contributed by atoms with E-state index in [9.17, 15) is 9.59 Å². The Labute approximate surface area is 462 Å². The Bertz CT molecular complexity index is 2970. The molecule has 1 aromatic carbocycles. The standard InChI is InChI=1S/C62H74O2S8/c1-9-17-21-37(13-5)29-41-25-27-47(67-41)55-45-33-51(59-43-31-49(69-53(43)35-65-59)57(63)39(15-7)23-19-11-3)72-62(45)56(48-28-26-42(68-48)30-38(14-6)22-18-10-2)46-34-52(71-61(46)55)60-44-32-50(70-54(44)36-66-60)58(64)40(16-8)24-20-12-4/h25-28,31-40H,9-24,29-30H2,1-8H3. The van der Waals surface area contributed by atoms with Gasteiger partial charge in [-0.3, -0.25) is 9.59 Å². The second-order valence-corrected chi connectivity index (χ2v) is 28.7. The van der Waals surface area contributed by atoms with Crippen LogP contribution in [-0.4, -0.2) is 11.6 Å². The molecule has 0 aliphatic heterocycles. The molecule has 4 atom stereocenters. The summed E-state index contributed by atoms with van der Waals surface area (Å²) < 4.78 is 5.19. The molecule has 0 saturated carbocycles. The van der Waals surface area contributed by atoms with E-state index >= 15 is 0 Å². The van der Waals surface area contributed by atoms with Gasteiger partial charge in [-0.2, -0.15) is 0 Å². The number of hydrogen-bond donors (Lipinski definition) is 0. The van der Waals surface area contributed by atoms with E-state index in [1.165, 1.54) is 142 Å². The van der Waals surface area contributed by atoms with E-state index < -0.39 is 0 Å². The summed E-state index contributed by atoms with van der Waals surface area (Å²) in [4.78, 5) is 40.7.